The Kier molecular flexibility index (Phi) is 5.15. The second-order valence-corrected chi connectivity index (χ2v) is 6.27. The number of rotatable bonds is 6. The van der Waals surface area contributed by atoms with Gasteiger partial charge in [0.1, 0.15) is 6.61 Å². The maximum Gasteiger partial charge on any atom is 0.333 e. The third-order valence-corrected chi connectivity index (χ3v) is 4.19. The van der Waals surface area contributed by atoms with E-state index in [4.69, 9.17) is 9.47 Å². The van der Waals surface area contributed by atoms with Crippen molar-refractivity contribution in [1.82, 2.24) is 0 Å². The molecule has 3 aromatic carbocycles. The minimum absolute atomic E-state index is 0.230. The van der Waals surface area contributed by atoms with Crippen molar-refractivity contribution in [2.75, 3.05) is 13.2 Å². The van der Waals surface area contributed by atoms with Crippen molar-refractivity contribution in [2.45, 2.75) is 20.5 Å². The lowest BCUT2D eigenvalue weighted by atomic mass is 9.96. The van der Waals surface area contributed by atoms with Crippen LogP contribution in [-0.4, -0.2) is 19.2 Å². The number of benzene rings is 3. The van der Waals surface area contributed by atoms with Crippen LogP contribution in [0.3, 0.4) is 0 Å². The molecule has 0 heterocycles. The standard InChI is InChI=1S/C22H22O3/c1-15(2)22(23)25-11-10-24-14-21-19-7-5-4-6-17(19)13-18-9-8-16(3)12-20(18)21/h4-9,12-13H,1,10-11,14H2,2-3H3. The van der Waals surface area contributed by atoms with E-state index in [1.54, 1.807) is 6.92 Å². The molecule has 0 saturated heterocycles. The molecule has 0 fully saturated rings. The molecule has 0 aromatic heterocycles. The summed E-state index contributed by atoms with van der Waals surface area (Å²) in [6.07, 6.45) is 0. The summed E-state index contributed by atoms with van der Waals surface area (Å²) in [5.74, 6) is -0.380. The number of esters is 1. The number of hydrogen-bond donors (Lipinski definition) is 0. The third-order valence-electron chi connectivity index (χ3n) is 4.19. The predicted molar refractivity (Wildman–Crippen MR) is 102 cm³/mol. The molecule has 0 N–H and O–H groups in total. The van der Waals surface area contributed by atoms with Crippen molar-refractivity contribution in [3.63, 3.8) is 0 Å². The van der Waals surface area contributed by atoms with Gasteiger partial charge in [-0.2, -0.15) is 0 Å². The van der Waals surface area contributed by atoms with Crippen LogP contribution in [0.5, 0.6) is 0 Å². The summed E-state index contributed by atoms with van der Waals surface area (Å²) in [7, 11) is 0. The Morgan fingerprint density at radius 3 is 2.56 bits per heavy atom. The Hall–Kier alpha value is -2.65. The number of hydrogen-bond acceptors (Lipinski definition) is 3. The van der Waals surface area contributed by atoms with Gasteiger partial charge >= 0.3 is 5.97 Å². The van der Waals surface area contributed by atoms with Gasteiger partial charge in [-0.15, -0.1) is 0 Å². The molecule has 128 valence electrons. The van der Waals surface area contributed by atoms with Crippen LogP contribution in [-0.2, 0) is 20.9 Å². The molecule has 3 heteroatoms. The Morgan fingerprint density at radius 1 is 1.00 bits per heavy atom. The molecular formula is C22H22O3. The van der Waals surface area contributed by atoms with Crippen LogP contribution in [0.25, 0.3) is 21.5 Å². The van der Waals surface area contributed by atoms with Crippen molar-refractivity contribution in [1.29, 1.82) is 0 Å². The highest BCUT2D eigenvalue weighted by Gasteiger charge is 2.09. The fraction of sp³-hybridized carbons (Fsp3) is 0.227. The molecule has 0 unspecified atom stereocenters. The Balaban J connectivity index is 1.82. The van der Waals surface area contributed by atoms with Crippen LogP contribution >= 0.6 is 0 Å². The first-order valence-corrected chi connectivity index (χ1v) is 8.37. The van der Waals surface area contributed by atoms with Gasteiger partial charge < -0.3 is 9.47 Å². The summed E-state index contributed by atoms with van der Waals surface area (Å²) in [4.78, 5) is 11.4. The summed E-state index contributed by atoms with van der Waals surface area (Å²) in [6, 6.07) is 17.0. The van der Waals surface area contributed by atoms with Gasteiger partial charge in [0.25, 0.3) is 0 Å². The van der Waals surface area contributed by atoms with Gasteiger partial charge in [-0.1, -0.05) is 54.6 Å². The van der Waals surface area contributed by atoms with Gasteiger partial charge in [-0.3, -0.25) is 0 Å². The van der Waals surface area contributed by atoms with Crippen molar-refractivity contribution in [3.8, 4) is 0 Å². The smallest absolute Gasteiger partial charge is 0.333 e. The van der Waals surface area contributed by atoms with Gasteiger partial charge in [0.2, 0.25) is 0 Å². The lowest BCUT2D eigenvalue weighted by molar-refractivity contribution is -0.140. The Morgan fingerprint density at radius 2 is 1.76 bits per heavy atom. The van der Waals surface area contributed by atoms with Crippen LogP contribution < -0.4 is 0 Å². The molecule has 0 amide bonds. The van der Waals surface area contributed by atoms with E-state index in [2.05, 4.69) is 49.9 Å². The molecule has 25 heavy (non-hydrogen) atoms. The number of ether oxygens (including phenoxy) is 2. The molecule has 3 nitrogen and oxygen atoms in total. The summed E-state index contributed by atoms with van der Waals surface area (Å²) in [5.41, 5.74) is 2.79. The minimum atomic E-state index is -0.380. The van der Waals surface area contributed by atoms with Crippen LogP contribution in [0.1, 0.15) is 18.1 Å². The second kappa shape index (κ2) is 7.49. The fourth-order valence-corrected chi connectivity index (χ4v) is 2.91. The predicted octanol–water partition coefficient (Wildman–Crippen LogP) is 4.94. The van der Waals surface area contributed by atoms with Gasteiger partial charge in [0, 0.05) is 5.57 Å². The van der Waals surface area contributed by atoms with Crippen LogP contribution in [0, 0.1) is 6.92 Å². The van der Waals surface area contributed by atoms with Crippen LogP contribution in [0.15, 0.2) is 60.7 Å². The first-order chi connectivity index (χ1) is 12.1. The molecule has 0 spiro atoms. The maximum absolute atomic E-state index is 11.4. The molecule has 0 atom stereocenters. The van der Waals surface area contributed by atoms with E-state index in [0.29, 0.717) is 18.8 Å². The molecule has 3 rings (SSSR count). The topological polar surface area (TPSA) is 35.5 Å². The van der Waals surface area contributed by atoms with E-state index in [9.17, 15) is 4.79 Å². The van der Waals surface area contributed by atoms with Crippen molar-refractivity contribution in [3.05, 3.63) is 71.8 Å². The number of carbonyl (C=O) groups is 1. The fourth-order valence-electron chi connectivity index (χ4n) is 2.91. The minimum Gasteiger partial charge on any atom is -0.460 e. The SMILES string of the molecule is C=C(C)C(=O)OCCOCc1c2ccccc2cc2ccc(C)cc12. The monoisotopic (exact) mass is 334 g/mol. The largest absolute Gasteiger partial charge is 0.460 e. The zero-order valence-corrected chi connectivity index (χ0v) is 14.7. The molecule has 0 radical (unpaired) electrons. The maximum atomic E-state index is 11.4. The van der Waals surface area contributed by atoms with Gasteiger partial charge in [-0.05, 0) is 47.0 Å². The normalized spacial score (nSPS) is 11.0. The molecule has 0 bridgehead atoms. The lowest BCUT2D eigenvalue weighted by Crippen LogP contribution is -2.11. The first-order valence-electron chi connectivity index (χ1n) is 8.37. The highest BCUT2D eigenvalue weighted by Crippen LogP contribution is 2.29. The number of fused-ring (bicyclic) bond motifs is 2. The van der Waals surface area contributed by atoms with E-state index in [1.165, 1.54) is 32.7 Å². The Bertz CT molecular complexity index is 941. The van der Waals surface area contributed by atoms with Crippen molar-refractivity contribution in [2.24, 2.45) is 0 Å². The third kappa shape index (κ3) is 3.89. The zero-order chi connectivity index (χ0) is 17.8. The van der Waals surface area contributed by atoms with Gasteiger partial charge in [0.15, 0.2) is 0 Å². The molecular weight excluding hydrogens is 312 g/mol. The molecule has 0 saturated carbocycles. The van der Waals surface area contributed by atoms with E-state index in [-0.39, 0.29) is 12.6 Å². The highest BCUT2D eigenvalue weighted by atomic mass is 16.6. The van der Waals surface area contributed by atoms with E-state index in [1.807, 2.05) is 12.1 Å². The Labute approximate surface area is 147 Å². The molecule has 0 aliphatic rings. The summed E-state index contributed by atoms with van der Waals surface area (Å²) >= 11 is 0. The highest BCUT2D eigenvalue weighted by molar-refractivity contribution is 6.02. The van der Waals surface area contributed by atoms with E-state index >= 15 is 0 Å². The average Bonchev–Trinajstić information content (AvgIpc) is 2.60. The first kappa shape index (κ1) is 17.2. The van der Waals surface area contributed by atoms with Crippen LogP contribution in [0.2, 0.25) is 0 Å². The van der Waals surface area contributed by atoms with Crippen molar-refractivity contribution < 1.29 is 14.3 Å². The van der Waals surface area contributed by atoms with Gasteiger partial charge in [0.05, 0.1) is 13.2 Å². The second-order valence-electron chi connectivity index (χ2n) is 6.27. The molecule has 0 aliphatic carbocycles. The number of aryl methyl sites for hydroxylation is 1. The summed E-state index contributed by atoms with van der Waals surface area (Å²) in [5, 5.41) is 4.81. The van der Waals surface area contributed by atoms with Crippen molar-refractivity contribution >= 4 is 27.5 Å². The van der Waals surface area contributed by atoms with E-state index < -0.39 is 0 Å². The zero-order valence-electron chi connectivity index (χ0n) is 14.7. The van der Waals surface area contributed by atoms with E-state index in [0.717, 1.165) is 0 Å². The van der Waals surface area contributed by atoms with Gasteiger partial charge in [-0.25, -0.2) is 4.79 Å². The van der Waals surface area contributed by atoms with Crippen LogP contribution in [0.4, 0.5) is 0 Å². The summed E-state index contributed by atoms with van der Waals surface area (Å²) < 4.78 is 10.9. The summed E-state index contributed by atoms with van der Waals surface area (Å²) in [6.45, 7) is 8.35. The molecule has 3 aromatic rings. The molecule has 0 aliphatic heterocycles. The quantitative estimate of drug-likeness (QED) is 0.277. The number of carbonyl (C=O) groups excluding carboxylic acids is 1. The average molecular weight is 334 g/mol. The lowest BCUT2D eigenvalue weighted by Gasteiger charge is -2.13.